The molecule has 0 radical (unpaired) electrons. The summed E-state index contributed by atoms with van der Waals surface area (Å²) >= 11 is 0. The predicted molar refractivity (Wildman–Crippen MR) is 325 cm³/mol. The lowest BCUT2D eigenvalue weighted by molar-refractivity contribution is 1.06. The SMILES string of the molecule is c1ccc(-c2cc(-c3cc(-c4cc(-c5ccccc5)nc(-c5ccccc5)n4)c(N4c5ccccc5N(c5nc(-c6ccccc6)cc(-c6ccccc6)n5)c5ccccc54)cc3-c3ccccc3)nc(-c3ccccc3)n2)cc1. The van der Waals surface area contributed by atoms with Gasteiger partial charge in [-0.15, -0.1) is 0 Å². The first-order chi connectivity index (χ1) is 39.7. The van der Waals surface area contributed by atoms with Gasteiger partial charge in [-0.25, -0.2) is 29.9 Å². The summed E-state index contributed by atoms with van der Waals surface area (Å²) in [7, 11) is 0. The number of benzene rings is 10. The number of anilines is 6. The van der Waals surface area contributed by atoms with Gasteiger partial charge in [-0.2, -0.15) is 0 Å². The molecule has 80 heavy (non-hydrogen) atoms. The predicted octanol–water partition coefficient (Wildman–Crippen LogP) is 18.3. The fourth-order valence-electron chi connectivity index (χ4n) is 10.6. The van der Waals surface area contributed by atoms with Crippen LogP contribution in [-0.2, 0) is 0 Å². The third-order valence-corrected chi connectivity index (χ3v) is 14.4. The first-order valence-electron chi connectivity index (χ1n) is 26.7. The molecule has 10 aromatic carbocycles. The molecule has 13 aromatic rings. The summed E-state index contributed by atoms with van der Waals surface area (Å²) in [5, 5.41) is 0. The van der Waals surface area contributed by atoms with Crippen molar-refractivity contribution in [2.24, 2.45) is 0 Å². The number of hydrogen-bond acceptors (Lipinski definition) is 8. The maximum atomic E-state index is 5.57. The Balaban J connectivity index is 1.07. The van der Waals surface area contributed by atoms with Crippen LogP contribution in [0.2, 0.25) is 0 Å². The van der Waals surface area contributed by atoms with Gasteiger partial charge in [0.05, 0.1) is 62.6 Å². The van der Waals surface area contributed by atoms with Gasteiger partial charge in [-0.05, 0) is 65.7 Å². The minimum atomic E-state index is 0.549. The second-order valence-corrected chi connectivity index (χ2v) is 19.5. The highest BCUT2D eigenvalue weighted by molar-refractivity contribution is 6.05. The van der Waals surface area contributed by atoms with Gasteiger partial charge in [-0.1, -0.05) is 237 Å². The third kappa shape index (κ3) is 9.12. The molecule has 1 aliphatic rings. The molecule has 8 heteroatoms. The molecule has 0 spiro atoms. The molecule has 3 aromatic heterocycles. The number of fused-ring (bicyclic) bond motifs is 2. The van der Waals surface area contributed by atoms with Crippen LogP contribution in [0.3, 0.4) is 0 Å². The molecule has 0 unspecified atom stereocenters. The van der Waals surface area contributed by atoms with E-state index in [1.54, 1.807) is 0 Å². The molecule has 0 saturated heterocycles. The second-order valence-electron chi connectivity index (χ2n) is 19.5. The monoisotopic (exact) mass is 1020 g/mol. The molecular weight excluding hydrogens is 977 g/mol. The van der Waals surface area contributed by atoms with Crippen molar-refractivity contribution in [3.8, 4) is 101 Å². The fourth-order valence-corrected chi connectivity index (χ4v) is 10.6. The Morgan fingerprint density at radius 2 is 0.475 bits per heavy atom. The number of hydrogen-bond donors (Lipinski definition) is 0. The Hall–Kier alpha value is -11.0. The number of aromatic nitrogens is 6. The first-order valence-corrected chi connectivity index (χ1v) is 26.7. The van der Waals surface area contributed by atoms with E-state index in [0.29, 0.717) is 17.6 Å². The van der Waals surface area contributed by atoms with E-state index >= 15 is 0 Å². The van der Waals surface area contributed by atoms with Gasteiger partial charge in [0.2, 0.25) is 5.95 Å². The van der Waals surface area contributed by atoms with E-state index in [9.17, 15) is 0 Å². The number of para-hydroxylation sites is 4. The highest BCUT2D eigenvalue weighted by Crippen LogP contribution is 2.56. The van der Waals surface area contributed by atoms with Crippen LogP contribution in [0.4, 0.5) is 34.4 Å². The van der Waals surface area contributed by atoms with Crippen molar-refractivity contribution in [2.75, 3.05) is 9.80 Å². The first kappa shape index (κ1) is 47.5. The van der Waals surface area contributed by atoms with Gasteiger partial charge in [0.1, 0.15) is 0 Å². The molecule has 0 aliphatic carbocycles. The Labute approximate surface area is 464 Å². The van der Waals surface area contributed by atoms with E-state index in [2.05, 4.69) is 216 Å². The molecule has 1 aliphatic heterocycles. The van der Waals surface area contributed by atoms with E-state index in [0.717, 1.165) is 118 Å². The van der Waals surface area contributed by atoms with Crippen LogP contribution in [0.5, 0.6) is 0 Å². The Bertz CT molecular complexity index is 4120. The zero-order valence-corrected chi connectivity index (χ0v) is 43.3. The Morgan fingerprint density at radius 3 is 0.863 bits per heavy atom. The van der Waals surface area contributed by atoms with Gasteiger partial charge < -0.3 is 4.90 Å². The van der Waals surface area contributed by atoms with Crippen LogP contribution in [0.15, 0.2) is 291 Å². The highest BCUT2D eigenvalue weighted by atomic mass is 15.3. The van der Waals surface area contributed by atoms with Gasteiger partial charge in [0.25, 0.3) is 0 Å². The number of rotatable bonds is 11. The lowest BCUT2D eigenvalue weighted by Gasteiger charge is -2.40. The lowest BCUT2D eigenvalue weighted by atomic mass is 9.91. The summed E-state index contributed by atoms with van der Waals surface area (Å²) in [5.41, 5.74) is 18.9. The van der Waals surface area contributed by atoms with Crippen LogP contribution in [0.25, 0.3) is 101 Å². The molecule has 376 valence electrons. The summed E-state index contributed by atoms with van der Waals surface area (Å²) in [6.45, 7) is 0. The maximum Gasteiger partial charge on any atom is 0.235 e. The van der Waals surface area contributed by atoms with E-state index in [4.69, 9.17) is 29.9 Å². The second kappa shape index (κ2) is 20.9. The van der Waals surface area contributed by atoms with Crippen molar-refractivity contribution in [3.05, 3.63) is 291 Å². The quantitative estimate of drug-likeness (QED) is 0.127. The van der Waals surface area contributed by atoms with Crippen molar-refractivity contribution < 1.29 is 0 Å². The molecule has 0 atom stereocenters. The van der Waals surface area contributed by atoms with Gasteiger partial charge in [-0.3, -0.25) is 4.90 Å². The summed E-state index contributed by atoms with van der Waals surface area (Å²) in [6, 6.07) is 100. The summed E-state index contributed by atoms with van der Waals surface area (Å²) < 4.78 is 0. The molecule has 0 bridgehead atoms. The summed E-state index contributed by atoms with van der Waals surface area (Å²) in [6.07, 6.45) is 0. The van der Waals surface area contributed by atoms with E-state index in [-0.39, 0.29) is 0 Å². The van der Waals surface area contributed by atoms with Crippen LogP contribution >= 0.6 is 0 Å². The topological polar surface area (TPSA) is 83.8 Å². The molecular formula is C72H48N8. The largest absolute Gasteiger partial charge is 0.306 e. The molecule has 0 fully saturated rings. The van der Waals surface area contributed by atoms with Crippen LogP contribution in [0, 0.1) is 0 Å². The van der Waals surface area contributed by atoms with Crippen molar-refractivity contribution in [1.29, 1.82) is 0 Å². The Kier molecular flexibility index (Phi) is 12.4. The zero-order chi connectivity index (χ0) is 53.2. The molecule has 0 saturated carbocycles. The fraction of sp³-hybridized carbons (Fsp3) is 0. The molecule has 8 nitrogen and oxygen atoms in total. The van der Waals surface area contributed by atoms with Crippen molar-refractivity contribution in [3.63, 3.8) is 0 Å². The maximum absolute atomic E-state index is 5.57. The van der Waals surface area contributed by atoms with Crippen molar-refractivity contribution in [1.82, 2.24) is 29.9 Å². The van der Waals surface area contributed by atoms with Gasteiger partial charge in [0, 0.05) is 44.5 Å². The molecule has 0 N–H and O–H groups in total. The Morgan fingerprint density at radius 1 is 0.188 bits per heavy atom. The minimum Gasteiger partial charge on any atom is -0.306 e. The van der Waals surface area contributed by atoms with Crippen LogP contribution in [0.1, 0.15) is 0 Å². The number of nitrogens with zero attached hydrogens (tertiary/aromatic N) is 8. The van der Waals surface area contributed by atoms with Crippen LogP contribution < -0.4 is 9.80 Å². The van der Waals surface area contributed by atoms with Gasteiger partial charge in [0.15, 0.2) is 11.6 Å². The standard InChI is InChI=1S/C72H48N8/c1-8-26-49(27-9-1)56-45-69(79-65-40-22-24-42-67(65)80(68-43-25-23-41-66(68)79)72-77-61(52-32-14-4-15-33-52)46-62(78-72)53-34-16-5-17-35-53)58(64-48-60(51-30-12-3-13-31-51)74-71(76-64)55-38-20-7-21-39-55)44-57(56)63-47-59(50-28-10-2-11-29-50)73-70(75-63)54-36-18-6-19-37-54/h1-48H. The molecule has 4 heterocycles. The summed E-state index contributed by atoms with van der Waals surface area (Å²) in [5.74, 6) is 1.78. The lowest BCUT2D eigenvalue weighted by Crippen LogP contribution is -2.25. The third-order valence-electron chi connectivity index (χ3n) is 14.4. The zero-order valence-electron chi connectivity index (χ0n) is 43.3. The minimum absolute atomic E-state index is 0.549. The summed E-state index contributed by atoms with van der Waals surface area (Å²) in [4.78, 5) is 37.0. The van der Waals surface area contributed by atoms with E-state index < -0.39 is 0 Å². The van der Waals surface area contributed by atoms with Crippen molar-refractivity contribution >= 4 is 34.4 Å². The van der Waals surface area contributed by atoms with E-state index in [1.165, 1.54) is 0 Å². The average molecular weight is 1030 g/mol. The van der Waals surface area contributed by atoms with Crippen molar-refractivity contribution in [2.45, 2.75) is 0 Å². The van der Waals surface area contributed by atoms with E-state index in [1.807, 2.05) is 84.9 Å². The van der Waals surface area contributed by atoms with Gasteiger partial charge >= 0.3 is 0 Å². The highest BCUT2D eigenvalue weighted by Gasteiger charge is 2.34. The smallest absolute Gasteiger partial charge is 0.235 e. The molecule has 0 amide bonds. The molecule has 14 rings (SSSR count). The van der Waals surface area contributed by atoms with Crippen LogP contribution in [-0.4, -0.2) is 29.9 Å². The average Bonchev–Trinajstić information content (AvgIpc) is 3.69. The normalized spacial score (nSPS) is 11.7.